The highest BCUT2D eigenvalue weighted by Crippen LogP contribution is 2.28. The minimum atomic E-state index is -4.62. The molecule has 0 N–H and O–H groups in total. The van der Waals surface area contributed by atoms with Crippen LogP contribution in [0.3, 0.4) is 0 Å². The van der Waals surface area contributed by atoms with Gasteiger partial charge in [0.1, 0.15) is 11.6 Å². The van der Waals surface area contributed by atoms with E-state index in [2.05, 4.69) is 30.1 Å². The Bertz CT molecular complexity index is 1060. The highest BCUT2D eigenvalue weighted by Gasteiger charge is 2.38. The van der Waals surface area contributed by atoms with Gasteiger partial charge in [-0.15, -0.1) is 15.3 Å². The molecule has 2 aliphatic rings. The second-order valence-corrected chi connectivity index (χ2v) is 7.27. The van der Waals surface area contributed by atoms with Crippen LogP contribution in [-0.2, 0) is 10.9 Å². The van der Waals surface area contributed by atoms with Crippen LogP contribution in [0.15, 0.2) is 24.4 Å². The normalized spacial score (nSPS) is 18.1. The van der Waals surface area contributed by atoms with Gasteiger partial charge in [0.25, 0.3) is 5.82 Å². The van der Waals surface area contributed by atoms with E-state index in [1.165, 1.54) is 6.07 Å². The summed E-state index contributed by atoms with van der Waals surface area (Å²) in [5.74, 6) is 0.842. The van der Waals surface area contributed by atoms with Gasteiger partial charge in [0.15, 0.2) is 5.65 Å². The number of fused-ring (bicyclic) bond motifs is 1. The van der Waals surface area contributed by atoms with Crippen molar-refractivity contribution in [2.24, 2.45) is 0 Å². The molecule has 0 spiro atoms. The molecule has 0 saturated carbocycles. The first-order valence-electron chi connectivity index (χ1n) is 9.94. The fraction of sp³-hybridized carbons (Fsp3) is 0.500. The van der Waals surface area contributed by atoms with Gasteiger partial charge in [0, 0.05) is 45.5 Å². The maximum Gasteiger partial charge on any atom is 0.453 e. The number of rotatable bonds is 3. The van der Waals surface area contributed by atoms with Gasteiger partial charge in [-0.2, -0.15) is 22.7 Å². The Morgan fingerprint density at radius 3 is 2.23 bits per heavy atom. The standard InChI is InChI=1S/C18H20F3N9O/c19-18(20,21)16-25-24-14-1-2-15(26-30(14)16)28-7-5-27(6-8-28)13-3-4-22-17(23-13)29-9-11-31-12-10-29/h1-4H,5-12H2. The van der Waals surface area contributed by atoms with Crippen molar-refractivity contribution in [3.63, 3.8) is 0 Å². The smallest absolute Gasteiger partial charge is 0.378 e. The molecule has 5 heterocycles. The molecule has 3 aromatic rings. The fourth-order valence-electron chi connectivity index (χ4n) is 3.72. The Kier molecular flexibility index (Phi) is 4.96. The summed E-state index contributed by atoms with van der Waals surface area (Å²) in [7, 11) is 0. The van der Waals surface area contributed by atoms with Crippen LogP contribution in [0.25, 0.3) is 5.65 Å². The van der Waals surface area contributed by atoms with Gasteiger partial charge in [0.05, 0.1) is 13.2 Å². The van der Waals surface area contributed by atoms with E-state index in [1.807, 2.05) is 11.0 Å². The van der Waals surface area contributed by atoms with Crippen molar-refractivity contribution < 1.29 is 17.9 Å². The molecule has 13 heteroatoms. The molecular weight excluding hydrogens is 415 g/mol. The van der Waals surface area contributed by atoms with Crippen LogP contribution >= 0.6 is 0 Å². The van der Waals surface area contributed by atoms with E-state index in [4.69, 9.17) is 9.72 Å². The monoisotopic (exact) mass is 435 g/mol. The van der Waals surface area contributed by atoms with Gasteiger partial charge in [-0.3, -0.25) is 0 Å². The minimum Gasteiger partial charge on any atom is -0.378 e. The Balaban J connectivity index is 1.29. The number of hydrogen-bond acceptors (Lipinski definition) is 9. The Labute approximate surface area is 175 Å². The maximum absolute atomic E-state index is 13.1. The molecule has 2 saturated heterocycles. The average molecular weight is 435 g/mol. The van der Waals surface area contributed by atoms with E-state index in [0.29, 0.717) is 51.2 Å². The Hall–Kier alpha value is -3.22. The van der Waals surface area contributed by atoms with Gasteiger partial charge in [-0.25, -0.2) is 4.98 Å². The topological polar surface area (TPSA) is 87.8 Å². The second kappa shape index (κ2) is 7.80. The molecule has 0 amide bonds. The molecular formula is C18H20F3N9O. The number of halogens is 3. The van der Waals surface area contributed by atoms with Gasteiger partial charge in [-0.05, 0) is 18.2 Å². The molecule has 0 bridgehead atoms. The number of morpholine rings is 1. The molecule has 0 aromatic carbocycles. The Morgan fingerprint density at radius 1 is 0.806 bits per heavy atom. The van der Waals surface area contributed by atoms with Crippen LogP contribution in [-0.4, -0.2) is 82.3 Å². The molecule has 2 fully saturated rings. The van der Waals surface area contributed by atoms with Crippen molar-refractivity contribution in [2.75, 3.05) is 67.2 Å². The Morgan fingerprint density at radius 2 is 1.52 bits per heavy atom. The molecule has 0 atom stereocenters. The van der Waals surface area contributed by atoms with Crippen LogP contribution in [0.1, 0.15) is 5.82 Å². The van der Waals surface area contributed by atoms with Gasteiger partial charge in [0.2, 0.25) is 5.95 Å². The second-order valence-electron chi connectivity index (χ2n) is 7.27. The highest BCUT2D eigenvalue weighted by atomic mass is 19.4. The van der Waals surface area contributed by atoms with Crippen LogP contribution in [0.2, 0.25) is 0 Å². The predicted molar refractivity (Wildman–Crippen MR) is 105 cm³/mol. The number of aromatic nitrogens is 6. The third kappa shape index (κ3) is 3.92. The van der Waals surface area contributed by atoms with E-state index >= 15 is 0 Å². The lowest BCUT2D eigenvalue weighted by atomic mass is 10.3. The van der Waals surface area contributed by atoms with Gasteiger partial charge in [-0.1, -0.05) is 0 Å². The molecule has 0 unspecified atom stereocenters. The highest BCUT2D eigenvalue weighted by molar-refractivity contribution is 5.49. The largest absolute Gasteiger partial charge is 0.453 e. The van der Waals surface area contributed by atoms with Crippen LogP contribution in [0, 0.1) is 0 Å². The number of hydrogen-bond donors (Lipinski definition) is 0. The summed E-state index contributed by atoms with van der Waals surface area (Å²) in [6.07, 6.45) is -2.87. The molecule has 0 radical (unpaired) electrons. The number of alkyl halides is 3. The molecule has 2 aliphatic heterocycles. The number of ether oxygens (including phenoxy) is 1. The first-order valence-corrected chi connectivity index (χ1v) is 9.94. The SMILES string of the molecule is FC(F)(F)c1nnc2ccc(N3CCN(c4ccnc(N5CCOCC5)n4)CC3)nn12. The zero-order chi connectivity index (χ0) is 21.4. The summed E-state index contributed by atoms with van der Waals surface area (Å²) < 4.78 is 45.5. The molecule has 5 rings (SSSR count). The first kappa shape index (κ1) is 19.7. The lowest BCUT2D eigenvalue weighted by molar-refractivity contribution is -0.146. The van der Waals surface area contributed by atoms with E-state index in [9.17, 15) is 13.2 Å². The molecule has 10 nitrogen and oxygen atoms in total. The minimum absolute atomic E-state index is 0.0614. The van der Waals surface area contributed by atoms with Crippen LogP contribution in [0.4, 0.5) is 30.8 Å². The number of nitrogens with zero attached hydrogens (tertiary/aromatic N) is 9. The lowest BCUT2D eigenvalue weighted by Gasteiger charge is -2.36. The van der Waals surface area contributed by atoms with E-state index in [0.717, 1.165) is 23.4 Å². The average Bonchev–Trinajstić information content (AvgIpc) is 3.24. The van der Waals surface area contributed by atoms with Crippen molar-refractivity contribution in [3.8, 4) is 0 Å². The third-order valence-electron chi connectivity index (χ3n) is 5.35. The van der Waals surface area contributed by atoms with Crippen molar-refractivity contribution >= 4 is 23.2 Å². The van der Waals surface area contributed by atoms with Crippen molar-refractivity contribution in [3.05, 3.63) is 30.2 Å². The molecule has 3 aromatic heterocycles. The van der Waals surface area contributed by atoms with E-state index < -0.39 is 12.0 Å². The first-order chi connectivity index (χ1) is 15.0. The molecule has 0 aliphatic carbocycles. The van der Waals surface area contributed by atoms with Gasteiger partial charge < -0.3 is 19.4 Å². The molecule has 31 heavy (non-hydrogen) atoms. The predicted octanol–water partition coefficient (Wildman–Crippen LogP) is 1.10. The maximum atomic E-state index is 13.1. The van der Waals surface area contributed by atoms with Crippen molar-refractivity contribution in [1.29, 1.82) is 0 Å². The van der Waals surface area contributed by atoms with E-state index in [1.54, 1.807) is 12.3 Å². The fourth-order valence-corrected chi connectivity index (χ4v) is 3.72. The summed E-state index contributed by atoms with van der Waals surface area (Å²) in [5.41, 5.74) is 0.0614. The third-order valence-corrected chi connectivity index (χ3v) is 5.35. The summed E-state index contributed by atoms with van der Waals surface area (Å²) in [6, 6.07) is 5.04. The lowest BCUT2D eigenvalue weighted by Crippen LogP contribution is -2.47. The van der Waals surface area contributed by atoms with Gasteiger partial charge >= 0.3 is 6.18 Å². The zero-order valence-electron chi connectivity index (χ0n) is 16.5. The van der Waals surface area contributed by atoms with Crippen LogP contribution < -0.4 is 14.7 Å². The number of piperazine rings is 1. The van der Waals surface area contributed by atoms with Crippen molar-refractivity contribution in [1.82, 2.24) is 29.8 Å². The molecule has 164 valence electrons. The zero-order valence-corrected chi connectivity index (χ0v) is 16.5. The number of anilines is 3. The van der Waals surface area contributed by atoms with Crippen molar-refractivity contribution in [2.45, 2.75) is 6.18 Å². The summed E-state index contributed by atoms with van der Waals surface area (Å²) in [5, 5.41) is 10.9. The van der Waals surface area contributed by atoms with E-state index in [-0.39, 0.29) is 5.65 Å². The summed E-state index contributed by atoms with van der Waals surface area (Å²) in [6.45, 7) is 5.35. The summed E-state index contributed by atoms with van der Waals surface area (Å²) >= 11 is 0. The summed E-state index contributed by atoms with van der Waals surface area (Å²) in [4.78, 5) is 15.3. The quantitative estimate of drug-likeness (QED) is 0.600. The van der Waals surface area contributed by atoms with Crippen LogP contribution in [0.5, 0.6) is 0 Å².